The standard InChI is InChI=1S/C12HCl26N/c13-1(14,5(21,22)9(29,30)31)3(17,18)7(25,26)11(35,36)39-12(37,38)8(27,28)4(19,20)2(15,16)6(23,24)10(32,33)34/h39H. The molecule has 0 radical (unpaired) electrons. The summed E-state index contributed by atoms with van der Waals surface area (Å²) in [7, 11) is 0. The molecule has 0 bridgehead atoms. The van der Waals surface area contributed by atoms with Gasteiger partial charge in [0, 0.05) is 0 Å². The third-order valence-electron chi connectivity index (χ3n) is 4.18. The first-order valence-corrected chi connectivity index (χ1v) is 17.7. The van der Waals surface area contributed by atoms with Gasteiger partial charge in [-0.2, -0.15) is 0 Å². The number of hydrogen-bond donors (Lipinski definition) is 1. The molecule has 0 aliphatic rings. The minimum atomic E-state index is -3.17. The minimum absolute atomic E-state index is 1.94. The molecule has 0 aliphatic carbocycles. The van der Waals surface area contributed by atoms with E-state index in [1.165, 1.54) is 0 Å². The molecule has 0 unspecified atom stereocenters. The van der Waals surface area contributed by atoms with Crippen LogP contribution < -0.4 is 5.32 Å². The zero-order chi connectivity index (χ0) is 32.7. The van der Waals surface area contributed by atoms with Crippen LogP contribution in [-0.4, -0.2) is 51.2 Å². The molecule has 0 aromatic rings. The van der Waals surface area contributed by atoms with Gasteiger partial charge >= 0.3 is 0 Å². The molecule has 1 nitrogen and oxygen atoms in total. The molecule has 0 spiro atoms. The summed E-state index contributed by atoms with van der Waals surface area (Å²) < 4.78 is -36.2. The normalized spacial score (nSPS) is 17.1. The van der Waals surface area contributed by atoms with E-state index in [0.717, 1.165) is 0 Å². The van der Waals surface area contributed by atoms with E-state index in [9.17, 15) is 0 Å². The van der Waals surface area contributed by atoms with Crippen molar-refractivity contribution in [2.45, 2.75) is 51.2 Å². The van der Waals surface area contributed by atoms with Crippen molar-refractivity contribution in [3.63, 3.8) is 0 Å². The van der Waals surface area contributed by atoms with Gasteiger partial charge in [0.25, 0.3) is 0 Å². The Balaban J connectivity index is 6.90. The molecule has 27 heteroatoms. The Kier molecular flexibility index (Phi) is 16.6. The van der Waals surface area contributed by atoms with Crippen LogP contribution in [-0.2, 0) is 0 Å². The van der Waals surface area contributed by atoms with Crippen molar-refractivity contribution >= 4 is 302 Å². The maximum absolute atomic E-state index is 6.30. The van der Waals surface area contributed by atoms with Crippen LogP contribution in [0.5, 0.6) is 0 Å². The van der Waals surface area contributed by atoms with Gasteiger partial charge in [-0.15, -0.1) is 0 Å². The Morgan fingerprint density at radius 1 is 0.205 bits per heavy atom. The maximum atomic E-state index is 6.30. The highest BCUT2D eigenvalue weighted by molar-refractivity contribution is 6.84. The lowest BCUT2D eigenvalue weighted by atomic mass is 10.1. The fourth-order valence-corrected chi connectivity index (χ4v) is 9.40. The van der Waals surface area contributed by atoms with Gasteiger partial charge in [0.2, 0.25) is 25.2 Å². The van der Waals surface area contributed by atoms with Gasteiger partial charge in [0.05, 0.1) is 0 Å². The molecule has 0 aromatic heterocycles. The van der Waals surface area contributed by atoms with Crippen LogP contribution >= 0.6 is 302 Å². The summed E-state index contributed by atoms with van der Waals surface area (Å²) in [4.78, 5) is 0. The molecule has 39 heavy (non-hydrogen) atoms. The number of alkyl halides is 26. The number of nitrogens with one attached hydrogen (secondary N) is 1. The molecule has 1 N–H and O–H groups in total. The van der Waals surface area contributed by atoms with Crippen LogP contribution in [0, 0.1) is 0 Å². The van der Waals surface area contributed by atoms with Crippen LogP contribution in [0.4, 0.5) is 0 Å². The fourth-order valence-electron chi connectivity index (χ4n) is 1.89. The smallest absolute Gasteiger partial charge is 0.226 e. The molecule has 0 saturated heterocycles. The minimum Gasteiger partial charge on any atom is -0.249 e. The Bertz CT molecular complexity index is 814. The molecular weight excluding hydrogens is 1080 g/mol. The van der Waals surface area contributed by atoms with Crippen molar-refractivity contribution in [2.24, 2.45) is 0 Å². The van der Waals surface area contributed by atoms with Crippen molar-refractivity contribution in [1.82, 2.24) is 5.32 Å². The summed E-state index contributed by atoms with van der Waals surface area (Å²) in [6.07, 6.45) is 0. The lowest BCUT2D eigenvalue weighted by Crippen LogP contribution is -2.73. The fraction of sp³-hybridized carbons (Fsp3) is 1.00. The second-order valence-corrected chi connectivity index (χ2v) is 24.7. The average Bonchev–Trinajstić information content (AvgIpc) is 2.63. The number of hydrogen-bond acceptors (Lipinski definition) is 1. The van der Waals surface area contributed by atoms with E-state index in [0.29, 0.717) is 0 Å². The Morgan fingerprint density at radius 3 is 0.513 bits per heavy atom. The van der Waals surface area contributed by atoms with Gasteiger partial charge in [-0.3, -0.25) is 0 Å². The molecule has 0 heterocycles. The van der Waals surface area contributed by atoms with Crippen LogP contribution in [0.1, 0.15) is 0 Å². The van der Waals surface area contributed by atoms with E-state index in [1.807, 2.05) is 5.32 Å². The second-order valence-electron chi connectivity index (χ2n) is 6.86. The van der Waals surface area contributed by atoms with Gasteiger partial charge in [0.15, 0.2) is 26.0 Å². The molecule has 0 saturated carbocycles. The molecule has 236 valence electrons. The summed E-state index contributed by atoms with van der Waals surface area (Å²) in [6, 6.07) is 0. The largest absolute Gasteiger partial charge is 0.249 e. The van der Waals surface area contributed by atoms with Crippen LogP contribution in [0.25, 0.3) is 0 Å². The lowest BCUT2D eigenvalue weighted by molar-refractivity contribution is 0.383. The Labute approximate surface area is 352 Å². The van der Waals surface area contributed by atoms with Crippen LogP contribution in [0.2, 0.25) is 0 Å². The van der Waals surface area contributed by atoms with Crippen molar-refractivity contribution in [1.29, 1.82) is 0 Å². The third kappa shape index (κ3) is 8.04. The Morgan fingerprint density at radius 2 is 0.359 bits per heavy atom. The summed E-state index contributed by atoms with van der Waals surface area (Å²) in [5.74, 6) is 0. The average molecular weight is 1080 g/mol. The summed E-state index contributed by atoms with van der Waals surface area (Å²) in [5.41, 5.74) is 0. The van der Waals surface area contributed by atoms with E-state index in [2.05, 4.69) is 0 Å². The van der Waals surface area contributed by atoms with Gasteiger partial charge in [-0.05, 0) is 0 Å². The van der Waals surface area contributed by atoms with E-state index in [-0.39, 0.29) is 0 Å². The zero-order valence-electron chi connectivity index (χ0n) is 16.3. The van der Waals surface area contributed by atoms with Crippen molar-refractivity contribution in [3.05, 3.63) is 0 Å². The van der Waals surface area contributed by atoms with Crippen molar-refractivity contribution in [3.8, 4) is 0 Å². The van der Waals surface area contributed by atoms with Crippen LogP contribution in [0.15, 0.2) is 0 Å². The third-order valence-corrected chi connectivity index (χ3v) is 20.7. The lowest BCUT2D eigenvalue weighted by Gasteiger charge is -2.54. The second kappa shape index (κ2) is 13.9. The quantitative estimate of drug-likeness (QED) is 0.170. The molecular formula is C12HCl26N. The maximum Gasteiger partial charge on any atom is 0.226 e. The van der Waals surface area contributed by atoms with Gasteiger partial charge in [-0.1, -0.05) is 302 Å². The van der Waals surface area contributed by atoms with Gasteiger partial charge in [0.1, 0.15) is 0 Å². The van der Waals surface area contributed by atoms with Crippen molar-refractivity contribution in [2.75, 3.05) is 0 Å². The number of halogens is 26. The van der Waals surface area contributed by atoms with Crippen LogP contribution in [0.3, 0.4) is 0 Å². The predicted molar refractivity (Wildman–Crippen MR) is 188 cm³/mol. The number of rotatable bonds is 10. The van der Waals surface area contributed by atoms with E-state index in [1.54, 1.807) is 0 Å². The van der Waals surface area contributed by atoms with Gasteiger partial charge in [-0.25, -0.2) is 5.32 Å². The predicted octanol–water partition coefficient (Wildman–Crippen LogP) is 15.0. The first kappa shape index (κ1) is 46.5. The molecule has 0 aromatic carbocycles. The molecule has 0 atom stereocenters. The van der Waals surface area contributed by atoms with Crippen molar-refractivity contribution < 1.29 is 0 Å². The SMILES string of the molecule is ClC(Cl)(Cl)C(Cl)(Cl)C(Cl)(Cl)C(Cl)(Cl)C(Cl)(Cl)C(Cl)(Cl)NC(Cl)(Cl)C(Cl)(Cl)C(Cl)(Cl)C(Cl)(Cl)C(Cl)(Cl)C(Cl)(Cl)Cl. The Hall–Kier alpha value is 7.50. The summed E-state index contributed by atoms with van der Waals surface area (Å²) in [6.45, 7) is 0. The van der Waals surface area contributed by atoms with E-state index < -0.39 is 51.2 Å². The first-order chi connectivity index (χ1) is 16.2. The topological polar surface area (TPSA) is 12.0 Å². The highest BCUT2D eigenvalue weighted by Gasteiger charge is 2.80. The molecule has 0 rings (SSSR count). The molecule has 0 fully saturated rings. The monoisotopic (exact) mass is 1070 g/mol. The molecule has 0 amide bonds. The van der Waals surface area contributed by atoms with Gasteiger partial charge < -0.3 is 0 Å². The summed E-state index contributed by atoms with van der Waals surface area (Å²) >= 11 is 159. The summed E-state index contributed by atoms with van der Waals surface area (Å²) in [5, 5.41) is 1.94. The first-order valence-electron chi connectivity index (χ1n) is 7.91. The van der Waals surface area contributed by atoms with E-state index in [4.69, 9.17) is 302 Å². The highest BCUT2D eigenvalue weighted by Crippen LogP contribution is 2.71. The molecule has 0 aliphatic heterocycles. The zero-order valence-corrected chi connectivity index (χ0v) is 36.0. The highest BCUT2D eigenvalue weighted by atomic mass is 35.6. The van der Waals surface area contributed by atoms with E-state index >= 15 is 0 Å².